The predicted molar refractivity (Wildman–Crippen MR) is 127 cm³/mol. The van der Waals surface area contributed by atoms with Gasteiger partial charge < -0.3 is 25.0 Å². The van der Waals surface area contributed by atoms with E-state index in [2.05, 4.69) is 65.8 Å². The second-order valence-corrected chi connectivity index (χ2v) is 7.16. The van der Waals surface area contributed by atoms with Gasteiger partial charge in [0.05, 0.1) is 18.8 Å². The summed E-state index contributed by atoms with van der Waals surface area (Å²) < 4.78 is 11.1. The molecule has 0 amide bonds. The predicted octanol–water partition coefficient (Wildman–Crippen LogP) is 2.83. The van der Waals surface area contributed by atoms with E-state index in [1.165, 1.54) is 11.1 Å². The van der Waals surface area contributed by atoms with Gasteiger partial charge in [-0.3, -0.25) is 4.99 Å². The summed E-state index contributed by atoms with van der Waals surface area (Å²) in [6, 6.07) is 9.18. The number of aryl methyl sites for hydroxylation is 1. The Labute approximate surface area is 187 Å². The molecule has 0 aromatic heterocycles. The Morgan fingerprint density at radius 2 is 2.04 bits per heavy atom. The molecular formula is C21H37IN4O2. The van der Waals surface area contributed by atoms with E-state index < -0.39 is 0 Å². The van der Waals surface area contributed by atoms with E-state index in [0.29, 0.717) is 6.04 Å². The Kier molecular flexibility index (Phi) is 12.7. The minimum atomic E-state index is 0. The summed E-state index contributed by atoms with van der Waals surface area (Å²) in [5.74, 6) is 0.830. The molecule has 1 aromatic carbocycles. The zero-order chi connectivity index (χ0) is 19.5. The van der Waals surface area contributed by atoms with Crippen LogP contribution in [-0.2, 0) is 15.9 Å². The number of aliphatic imine (C=N–C) groups is 1. The van der Waals surface area contributed by atoms with Gasteiger partial charge in [0.1, 0.15) is 0 Å². The number of hydrogen-bond acceptors (Lipinski definition) is 4. The molecule has 1 aliphatic heterocycles. The first-order chi connectivity index (χ1) is 13.1. The Balaban J connectivity index is 0.00000392. The van der Waals surface area contributed by atoms with Gasteiger partial charge in [0.25, 0.3) is 0 Å². The van der Waals surface area contributed by atoms with Crippen LogP contribution in [-0.4, -0.2) is 71.0 Å². The minimum absolute atomic E-state index is 0. The zero-order valence-corrected chi connectivity index (χ0v) is 20.1. The van der Waals surface area contributed by atoms with Crippen molar-refractivity contribution in [2.45, 2.75) is 38.3 Å². The lowest BCUT2D eigenvalue weighted by atomic mass is 10.0. The van der Waals surface area contributed by atoms with Gasteiger partial charge in [0.2, 0.25) is 0 Å². The molecular weight excluding hydrogens is 467 g/mol. The molecule has 1 saturated heterocycles. The summed E-state index contributed by atoms with van der Waals surface area (Å²) >= 11 is 0. The van der Waals surface area contributed by atoms with E-state index in [1.807, 2.05) is 7.05 Å². The van der Waals surface area contributed by atoms with Gasteiger partial charge in [-0.25, -0.2) is 0 Å². The molecule has 2 rings (SSSR count). The summed E-state index contributed by atoms with van der Waals surface area (Å²) in [7, 11) is 6.03. The van der Waals surface area contributed by atoms with Crippen LogP contribution in [0.4, 0.5) is 0 Å². The lowest BCUT2D eigenvalue weighted by molar-refractivity contribution is 0.0420. The summed E-state index contributed by atoms with van der Waals surface area (Å²) in [5, 5.41) is 6.81. The zero-order valence-electron chi connectivity index (χ0n) is 17.7. The molecule has 0 saturated carbocycles. The third-order valence-corrected chi connectivity index (χ3v) is 4.94. The van der Waals surface area contributed by atoms with Crippen molar-refractivity contribution >= 4 is 29.9 Å². The minimum Gasteiger partial charge on any atom is -0.379 e. The highest BCUT2D eigenvalue weighted by molar-refractivity contribution is 14.0. The third kappa shape index (κ3) is 8.63. The standard InChI is InChI=1S/C21H36N4O2.HI/c1-5-17-7-9-18(10-8-17)20(25(3)4)15-24-21(22-2)23-12-6-13-27-19-11-14-26-16-19;/h7-10,19-20H,5-6,11-16H2,1-4H3,(H2,22,23,24);1H. The number of rotatable bonds is 10. The van der Waals surface area contributed by atoms with Gasteiger partial charge in [-0.1, -0.05) is 31.2 Å². The summed E-state index contributed by atoms with van der Waals surface area (Å²) in [6.45, 7) is 6.14. The van der Waals surface area contributed by atoms with Crippen molar-refractivity contribution in [3.8, 4) is 0 Å². The Morgan fingerprint density at radius 1 is 1.29 bits per heavy atom. The lowest BCUT2D eigenvalue weighted by Gasteiger charge is -2.26. The van der Waals surface area contributed by atoms with Crippen LogP contribution in [0.2, 0.25) is 0 Å². The molecule has 7 heteroatoms. The Morgan fingerprint density at radius 3 is 2.61 bits per heavy atom. The number of benzene rings is 1. The molecule has 1 aliphatic rings. The number of guanidine groups is 1. The smallest absolute Gasteiger partial charge is 0.191 e. The van der Waals surface area contributed by atoms with E-state index >= 15 is 0 Å². The van der Waals surface area contributed by atoms with Gasteiger partial charge in [0.15, 0.2) is 5.96 Å². The van der Waals surface area contributed by atoms with Crippen molar-refractivity contribution in [3.05, 3.63) is 35.4 Å². The van der Waals surface area contributed by atoms with Crippen LogP contribution in [0.5, 0.6) is 0 Å². The molecule has 1 heterocycles. The van der Waals surface area contributed by atoms with Crippen LogP contribution < -0.4 is 10.6 Å². The average molecular weight is 504 g/mol. The van der Waals surface area contributed by atoms with Gasteiger partial charge in [-0.15, -0.1) is 24.0 Å². The molecule has 2 atom stereocenters. The van der Waals surface area contributed by atoms with Crippen LogP contribution in [0, 0.1) is 0 Å². The molecule has 0 radical (unpaired) electrons. The normalized spacial score (nSPS) is 18.0. The summed E-state index contributed by atoms with van der Waals surface area (Å²) in [4.78, 5) is 6.57. The van der Waals surface area contributed by atoms with Crippen molar-refractivity contribution in [2.24, 2.45) is 4.99 Å². The van der Waals surface area contributed by atoms with Crippen LogP contribution >= 0.6 is 24.0 Å². The quantitative estimate of drug-likeness (QED) is 0.222. The second-order valence-electron chi connectivity index (χ2n) is 7.16. The first kappa shape index (κ1) is 25.1. The number of ether oxygens (including phenoxy) is 2. The van der Waals surface area contributed by atoms with Crippen LogP contribution in [0.3, 0.4) is 0 Å². The van der Waals surface area contributed by atoms with Crippen molar-refractivity contribution in [1.29, 1.82) is 0 Å². The van der Waals surface area contributed by atoms with E-state index in [1.54, 1.807) is 0 Å². The molecule has 0 spiro atoms. The molecule has 6 nitrogen and oxygen atoms in total. The molecule has 2 N–H and O–H groups in total. The monoisotopic (exact) mass is 504 g/mol. The largest absolute Gasteiger partial charge is 0.379 e. The first-order valence-corrected chi connectivity index (χ1v) is 10.0. The topological polar surface area (TPSA) is 58.1 Å². The molecule has 1 aromatic rings. The molecule has 28 heavy (non-hydrogen) atoms. The molecule has 2 unspecified atom stereocenters. The van der Waals surface area contributed by atoms with Crippen LogP contribution in [0.1, 0.15) is 36.9 Å². The molecule has 0 aliphatic carbocycles. The average Bonchev–Trinajstić information content (AvgIpc) is 3.20. The second kappa shape index (κ2) is 14.1. The summed E-state index contributed by atoms with van der Waals surface area (Å²) in [5.41, 5.74) is 2.68. The van der Waals surface area contributed by atoms with E-state index in [9.17, 15) is 0 Å². The lowest BCUT2D eigenvalue weighted by Crippen LogP contribution is -2.42. The first-order valence-electron chi connectivity index (χ1n) is 10.0. The van der Waals surface area contributed by atoms with E-state index in [0.717, 1.165) is 58.1 Å². The highest BCUT2D eigenvalue weighted by atomic mass is 127. The van der Waals surface area contributed by atoms with Gasteiger partial charge in [-0.05, 0) is 44.5 Å². The fourth-order valence-corrected chi connectivity index (χ4v) is 3.16. The number of nitrogens with one attached hydrogen (secondary N) is 2. The highest BCUT2D eigenvalue weighted by Crippen LogP contribution is 2.18. The van der Waals surface area contributed by atoms with Crippen molar-refractivity contribution in [1.82, 2.24) is 15.5 Å². The van der Waals surface area contributed by atoms with Crippen molar-refractivity contribution < 1.29 is 9.47 Å². The maximum absolute atomic E-state index is 5.79. The van der Waals surface area contributed by atoms with Crippen LogP contribution in [0.15, 0.2) is 29.3 Å². The number of hydrogen-bond donors (Lipinski definition) is 2. The molecule has 0 bridgehead atoms. The molecule has 1 fully saturated rings. The van der Waals surface area contributed by atoms with Gasteiger partial charge >= 0.3 is 0 Å². The Hall–Kier alpha value is -0.900. The van der Waals surface area contributed by atoms with E-state index in [-0.39, 0.29) is 30.1 Å². The van der Waals surface area contributed by atoms with Crippen molar-refractivity contribution in [2.75, 3.05) is 54.1 Å². The highest BCUT2D eigenvalue weighted by Gasteiger charge is 2.16. The number of halogens is 1. The third-order valence-electron chi connectivity index (χ3n) is 4.94. The summed E-state index contributed by atoms with van der Waals surface area (Å²) in [6.07, 6.45) is 3.32. The molecule has 160 valence electrons. The van der Waals surface area contributed by atoms with Gasteiger partial charge in [0, 0.05) is 33.4 Å². The van der Waals surface area contributed by atoms with Crippen LogP contribution in [0.25, 0.3) is 0 Å². The fraction of sp³-hybridized carbons (Fsp3) is 0.667. The number of likely N-dealkylation sites (N-methyl/N-ethyl adjacent to an activating group) is 1. The number of nitrogens with zero attached hydrogens (tertiary/aromatic N) is 2. The SMILES string of the molecule is CCc1ccc(C(CNC(=NC)NCCCOC2CCOC2)N(C)C)cc1.I. The Bertz CT molecular complexity index is 560. The van der Waals surface area contributed by atoms with E-state index in [4.69, 9.17) is 9.47 Å². The maximum Gasteiger partial charge on any atom is 0.191 e. The fourth-order valence-electron chi connectivity index (χ4n) is 3.16. The maximum atomic E-state index is 5.79. The van der Waals surface area contributed by atoms with Gasteiger partial charge in [-0.2, -0.15) is 0 Å². The van der Waals surface area contributed by atoms with Crippen molar-refractivity contribution in [3.63, 3.8) is 0 Å².